The Balaban J connectivity index is 2.22. The maximum absolute atomic E-state index is 11.9. The topological polar surface area (TPSA) is 75.6 Å². The van der Waals surface area contributed by atoms with E-state index in [0.717, 1.165) is 5.56 Å². The molecule has 0 aliphatic carbocycles. The molecule has 120 valence electrons. The highest BCUT2D eigenvalue weighted by Gasteiger charge is 2.48. The van der Waals surface area contributed by atoms with E-state index in [2.05, 4.69) is 39.2 Å². The first-order chi connectivity index (χ1) is 10.0. The number of carbonyl (C=O) groups is 2. The number of carbonyl (C=O) groups excluding carboxylic acids is 1. The van der Waals surface area contributed by atoms with E-state index < -0.39 is 20.4 Å². The molecule has 1 heterocycles. The fourth-order valence-corrected chi connectivity index (χ4v) is 3.34. The fourth-order valence-electron chi connectivity index (χ4n) is 2.11. The zero-order chi connectivity index (χ0) is 16.7. The van der Waals surface area contributed by atoms with Gasteiger partial charge in [-0.3, -0.25) is 4.79 Å². The molecule has 2 N–H and O–H groups in total. The molecule has 0 unspecified atom stereocenters. The molecule has 1 saturated heterocycles. The van der Waals surface area contributed by atoms with Crippen molar-refractivity contribution in [3.8, 4) is 0 Å². The zero-order valence-electron chi connectivity index (χ0n) is 13.6. The van der Waals surface area contributed by atoms with E-state index in [9.17, 15) is 9.59 Å². The van der Waals surface area contributed by atoms with E-state index >= 15 is 0 Å². The normalized spacial score (nSPS) is 22.0. The van der Waals surface area contributed by atoms with Crippen LogP contribution in [0.2, 0.25) is 18.1 Å². The van der Waals surface area contributed by atoms with Gasteiger partial charge in [0.2, 0.25) is 0 Å². The van der Waals surface area contributed by atoms with Crippen LogP contribution in [0.1, 0.15) is 42.7 Å². The molecule has 1 aliphatic rings. The average Bonchev–Trinajstić information content (AvgIpc) is 2.41. The molecular formula is C16H23NO4Si. The van der Waals surface area contributed by atoms with Gasteiger partial charge in [-0.15, -0.1) is 0 Å². The lowest BCUT2D eigenvalue weighted by atomic mass is 9.93. The maximum Gasteiger partial charge on any atom is 0.335 e. The number of nitrogens with one attached hydrogen (secondary N) is 1. The van der Waals surface area contributed by atoms with Gasteiger partial charge in [0, 0.05) is 0 Å². The Morgan fingerprint density at radius 3 is 2.45 bits per heavy atom. The smallest absolute Gasteiger partial charge is 0.335 e. The van der Waals surface area contributed by atoms with Gasteiger partial charge in [-0.2, -0.15) is 0 Å². The number of hydrogen-bond donors (Lipinski definition) is 2. The standard InChI is InChI=1S/C16H23NO4Si/c1-16(2,3)22(4,5)21-13-12(17-14(13)18)10-7-6-8-11(9-10)15(19)20/h6-9,12-13H,1-5H3,(H,17,18)(H,19,20)/t12-,13+/m0/s1. The van der Waals surface area contributed by atoms with E-state index in [0.29, 0.717) is 0 Å². The van der Waals surface area contributed by atoms with E-state index in [1.807, 2.05) is 6.07 Å². The van der Waals surface area contributed by atoms with Crippen molar-refractivity contribution in [2.45, 2.75) is 51.0 Å². The molecule has 1 fully saturated rings. The van der Waals surface area contributed by atoms with Crippen molar-refractivity contribution < 1.29 is 19.1 Å². The van der Waals surface area contributed by atoms with Crippen LogP contribution in [0.5, 0.6) is 0 Å². The Hall–Kier alpha value is -1.66. The summed E-state index contributed by atoms with van der Waals surface area (Å²) in [6.07, 6.45) is -0.537. The van der Waals surface area contributed by atoms with Crippen molar-refractivity contribution in [1.82, 2.24) is 5.32 Å². The molecule has 22 heavy (non-hydrogen) atoms. The highest BCUT2D eigenvalue weighted by molar-refractivity contribution is 6.74. The lowest BCUT2D eigenvalue weighted by Gasteiger charge is -2.45. The van der Waals surface area contributed by atoms with E-state index in [-0.39, 0.29) is 22.6 Å². The number of aromatic carboxylic acids is 1. The number of hydrogen-bond acceptors (Lipinski definition) is 3. The highest BCUT2D eigenvalue weighted by Crippen LogP contribution is 2.40. The van der Waals surface area contributed by atoms with Gasteiger partial charge >= 0.3 is 5.97 Å². The summed E-state index contributed by atoms with van der Waals surface area (Å²) in [4.78, 5) is 23.0. The Bertz CT molecular complexity index is 606. The van der Waals surface area contributed by atoms with Crippen LogP contribution < -0.4 is 5.32 Å². The molecule has 0 saturated carbocycles. The predicted octanol–water partition coefficient (Wildman–Crippen LogP) is 2.95. The number of amides is 1. The van der Waals surface area contributed by atoms with Gasteiger partial charge in [-0.1, -0.05) is 32.9 Å². The molecule has 1 aliphatic heterocycles. The minimum absolute atomic E-state index is 0.0103. The Morgan fingerprint density at radius 2 is 1.95 bits per heavy atom. The summed E-state index contributed by atoms with van der Waals surface area (Å²) in [5.74, 6) is -1.11. The Morgan fingerprint density at radius 1 is 1.32 bits per heavy atom. The van der Waals surface area contributed by atoms with Crippen molar-refractivity contribution in [3.63, 3.8) is 0 Å². The first-order valence-electron chi connectivity index (χ1n) is 7.34. The second-order valence-electron chi connectivity index (χ2n) is 7.22. The van der Waals surface area contributed by atoms with Crippen LogP contribution in [0, 0.1) is 0 Å². The van der Waals surface area contributed by atoms with E-state index in [1.165, 1.54) is 6.07 Å². The number of carboxylic acid groups (broad SMARTS) is 1. The maximum atomic E-state index is 11.9. The summed E-state index contributed by atoms with van der Waals surface area (Å²) in [7, 11) is -2.07. The Labute approximate surface area is 131 Å². The van der Waals surface area contributed by atoms with Crippen LogP contribution in [0.15, 0.2) is 24.3 Å². The van der Waals surface area contributed by atoms with Gasteiger partial charge in [0.1, 0.15) is 6.10 Å². The molecule has 1 amide bonds. The predicted molar refractivity (Wildman–Crippen MR) is 86.4 cm³/mol. The third kappa shape index (κ3) is 3.07. The summed E-state index contributed by atoms with van der Waals surface area (Å²) < 4.78 is 6.20. The molecule has 0 radical (unpaired) electrons. The second kappa shape index (κ2) is 5.51. The first kappa shape index (κ1) is 16.7. The van der Waals surface area contributed by atoms with E-state index in [1.54, 1.807) is 12.1 Å². The molecule has 2 rings (SSSR count). The van der Waals surface area contributed by atoms with E-state index in [4.69, 9.17) is 9.53 Å². The molecule has 1 aromatic carbocycles. The molecule has 0 spiro atoms. The zero-order valence-corrected chi connectivity index (χ0v) is 14.6. The first-order valence-corrected chi connectivity index (χ1v) is 10.3. The van der Waals surface area contributed by atoms with Crippen molar-refractivity contribution in [1.29, 1.82) is 0 Å². The van der Waals surface area contributed by atoms with Crippen LogP contribution in [0.4, 0.5) is 0 Å². The van der Waals surface area contributed by atoms with Gasteiger partial charge in [0.15, 0.2) is 8.32 Å². The van der Waals surface area contributed by atoms with Crippen molar-refractivity contribution in [2.24, 2.45) is 0 Å². The summed E-state index contributed by atoms with van der Waals surface area (Å²) in [6, 6.07) is 6.36. The van der Waals surface area contributed by atoms with Crippen molar-refractivity contribution in [3.05, 3.63) is 35.4 Å². The second-order valence-corrected chi connectivity index (χ2v) is 12.0. The van der Waals surface area contributed by atoms with Gasteiger partial charge in [0.05, 0.1) is 11.6 Å². The lowest BCUT2D eigenvalue weighted by molar-refractivity contribution is -0.141. The Kier molecular flexibility index (Phi) is 4.19. The third-order valence-electron chi connectivity index (χ3n) is 4.58. The third-order valence-corrected chi connectivity index (χ3v) is 9.03. The monoisotopic (exact) mass is 321 g/mol. The largest absolute Gasteiger partial charge is 0.478 e. The van der Waals surface area contributed by atoms with Crippen molar-refractivity contribution in [2.75, 3.05) is 0 Å². The SMILES string of the molecule is CC(C)(C)[Si](C)(C)O[C@H]1C(=O)N[C@H]1c1cccc(C(=O)O)c1. The van der Waals surface area contributed by atoms with Gasteiger partial charge in [0.25, 0.3) is 5.91 Å². The molecule has 2 atom stereocenters. The van der Waals surface area contributed by atoms with Gasteiger partial charge in [-0.25, -0.2) is 4.79 Å². The molecule has 1 aromatic rings. The van der Waals surface area contributed by atoms with Crippen molar-refractivity contribution >= 4 is 20.2 Å². The van der Waals surface area contributed by atoms with Crippen LogP contribution in [-0.4, -0.2) is 31.4 Å². The number of benzene rings is 1. The highest BCUT2D eigenvalue weighted by atomic mass is 28.4. The average molecular weight is 321 g/mol. The molecular weight excluding hydrogens is 298 g/mol. The number of rotatable bonds is 4. The summed E-state index contributed by atoms with van der Waals surface area (Å²) in [5, 5.41) is 11.9. The molecule has 5 nitrogen and oxygen atoms in total. The minimum Gasteiger partial charge on any atom is -0.478 e. The molecule has 6 heteroatoms. The van der Waals surface area contributed by atoms with Crippen LogP contribution in [0.3, 0.4) is 0 Å². The van der Waals surface area contributed by atoms with Gasteiger partial charge in [-0.05, 0) is 35.8 Å². The van der Waals surface area contributed by atoms with Crippen LogP contribution in [0.25, 0.3) is 0 Å². The van der Waals surface area contributed by atoms with Gasteiger partial charge < -0.3 is 14.8 Å². The molecule has 0 aromatic heterocycles. The number of β-lactam (4-membered cyclic amide) rings is 1. The minimum atomic E-state index is -2.07. The summed E-state index contributed by atoms with van der Waals surface area (Å²) in [5.41, 5.74) is 0.980. The van der Waals surface area contributed by atoms with Crippen LogP contribution >= 0.6 is 0 Å². The van der Waals surface area contributed by atoms with Crippen LogP contribution in [-0.2, 0) is 9.22 Å². The lowest BCUT2D eigenvalue weighted by Crippen LogP contribution is -2.61. The number of carboxylic acids is 1. The quantitative estimate of drug-likeness (QED) is 0.660. The fraction of sp³-hybridized carbons (Fsp3) is 0.500. The molecule has 0 bridgehead atoms. The summed E-state index contributed by atoms with van der Waals surface area (Å²) in [6.45, 7) is 10.6. The summed E-state index contributed by atoms with van der Waals surface area (Å²) >= 11 is 0.